The number of unbranched alkanes of at least 4 members (excludes halogenated alkanes) is 1. The normalized spacial score (nSPS) is 9.89. The van der Waals surface area contributed by atoms with Crippen LogP contribution in [0.2, 0.25) is 0 Å². The Hall–Kier alpha value is -1.84. The molecule has 0 aliphatic carbocycles. The highest BCUT2D eigenvalue weighted by Gasteiger charge is 2.14. The van der Waals surface area contributed by atoms with Crippen LogP contribution in [-0.2, 0) is 9.59 Å². The van der Waals surface area contributed by atoms with Crippen molar-refractivity contribution < 1.29 is 9.59 Å². The molecule has 0 aliphatic rings. The van der Waals surface area contributed by atoms with Gasteiger partial charge in [0.1, 0.15) is 6.54 Å². The number of hydrogen-bond acceptors (Lipinski definition) is 2. The molecule has 0 heterocycles. The van der Waals surface area contributed by atoms with Crippen molar-refractivity contribution in [3.05, 3.63) is 30.3 Å². The molecule has 0 aromatic heterocycles. The predicted octanol–water partition coefficient (Wildman–Crippen LogP) is 1.96. The fourth-order valence-electron chi connectivity index (χ4n) is 1.60. The van der Waals surface area contributed by atoms with Gasteiger partial charge in [0.25, 0.3) is 0 Å². The van der Waals surface area contributed by atoms with Gasteiger partial charge in [0.15, 0.2) is 0 Å². The van der Waals surface area contributed by atoms with E-state index in [1.807, 2.05) is 30.3 Å². The van der Waals surface area contributed by atoms with Crippen LogP contribution in [0.5, 0.6) is 0 Å². The Balaban J connectivity index is 2.59. The van der Waals surface area contributed by atoms with Crippen LogP contribution in [0.25, 0.3) is 0 Å². The molecule has 0 spiro atoms. The quantitative estimate of drug-likeness (QED) is 0.782. The van der Waals surface area contributed by atoms with E-state index in [1.54, 1.807) is 0 Å². The number of amides is 2. The van der Waals surface area contributed by atoms with Gasteiger partial charge in [0.05, 0.1) is 0 Å². The van der Waals surface area contributed by atoms with E-state index >= 15 is 0 Å². The summed E-state index contributed by atoms with van der Waals surface area (Å²) in [5.74, 6) is -0.255. The highest BCUT2D eigenvalue weighted by molar-refractivity contribution is 5.97. The Labute approximate surface area is 108 Å². The molecule has 1 N–H and O–H groups in total. The molecule has 0 atom stereocenters. The zero-order chi connectivity index (χ0) is 13.4. The summed E-state index contributed by atoms with van der Waals surface area (Å²) in [6, 6.07) is 9.21. The van der Waals surface area contributed by atoms with Gasteiger partial charge in [-0.1, -0.05) is 31.5 Å². The van der Waals surface area contributed by atoms with Gasteiger partial charge in [0, 0.05) is 19.2 Å². The Kier molecular flexibility index (Phi) is 5.91. The standard InChI is InChI=1S/C14H20N2O2/c1-3-4-10-15-14(18)11-16(12(2)17)13-8-6-5-7-9-13/h5-9H,3-4,10-11H2,1-2H3,(H,15,18). The number of carbonyl (C=O) groups excluding carboxylic acids is 2. The number of para-hydroxylation sites is 1. The number of nitrogens with zero attached hydrogens (tertiary/aromatic N) is 1. The van der Waals surface area contributed by atoms with E-state index in [-0.39, 0.29) is 18.4 Å². The van der Waals surface area contributed by atoms with Crippen molar-refractivity contribution in [2.75, 3.05) is 18.0 Å². The lowest BCUT2D eigenvalue weighted by atomic mass is 10.2. The maximum Gasteiger partial charge on any atom is 0.240 e. The zero-order valence-electron chi connectivity index (χ0n) is 11.0. The lowest BCUT2D eigenvalue weighted by molar-refractivity contribution is -0.123. The monoisotopic (exact) mass is 248 g/mol. The lowest BCUT2D eigenvalue weighted by Gasteiger charge is -2.20. The first-order chi connectivity index (χ1) is 8.65. The Morgan fingerprint density at radius 1 is 1.22 bits per heavy atom. The molecule has 0 bridgehead atoms. The number of hydrogen-bond donors (Lipinski definition) is 1. The second-order valence-electron chi connectivity index (χ2n) is 4.14. The molecule has 1 rings (SSSR count). The number of nitrogens with one attached hydrogen (secondary N) is 1. The SMILES string of the molecule is CCCCNC(=O)CN(C(C)=O)c1ccccc1. The molecule has 1 aromatic carbocycles. The summed E-state index contributed by atoms with van der Waals surface area (Å²) in [4.78, 5) is 24.7. The Morgan fingerprint density at radius 2 is 1.89 bits per heavy atom. The minimum atomic E-state index is -0.133. The summed E-state index contributed by atoms with van der Waals surface area (Å²) in [7, 11) is 0. The summed E-state index contributed by atoms with van der Waals surface area (Å²) in [5, 5.41) is 2.81. The molecular weight excluding hydrogens is 228 g/mol. The minimum absolute atomic E-state index is 0.0725. The van der Waals surface area contributed by atoms with E-state index in [2.05, 4.69) is 12.2 Å². The Morgan fingerprint density at radius 3 is 2.44 bits per heavy atom. The van der Waals surface area contributed by atoms with Crippen LogP contribution >= 0.6 is 0 Å². The molecule has 2 amide bonds. The van der Waals surface area contributed by atoms with Crippen LogP contribution in [0.1, 0.15) is 26.7 Å². The molecule has 0 fully saturated rings. The van der Waals surface area contributed by atoms with Crippen molar-refractivity contribution in [2.24, 2.45) is 0 Å². The van der Waals surface area contributed by atoms with Gasteiger partial charge in [0.2, 0.25) is 11.8 Å². The fraction of sp³-hybridized carbons (Fsp3) is 0.429. The average molecular weight is 248 g/mol. The van der Waals surface area contributed by atoms with Crippen LogP contribution in [0.15, 0.2) is 30.3 Å². The van der Waals surface area contributed by atoms with Crippen molar-refractivity contribution in [3.63, 3.8) is 0 Å². The zero-order valence-corrected chi connectivity index (χ0v) is 11.0. The smallest absolute Gasteiger partial charge is 0.240 e. The first kappa shape index (κ1) is 14.2. The summed E-state index contributed by atoms with van der Waals surface area (Å²) in [5.41, 5.74) is 0.746. The Bertz CT molecular complexity index is 390. The van der Waals surface area contributed by atoms with Crippen LogP contribution in [-0.4, -0.2) is 24.9 Å². The minimum Gasteiger partial charge on any atom is -0.355 e. The van der Waals surface area contributed by atoms with Gasteiger partial charge >= 0.3 is 0 Å². The topological polar surface area (TPSA) is 49.4 Å². The molecule has 0 saturated carbocycles. The van der Waals surface area contributed by atoms with E-state index < -0.39 is 0 Å². The third kappa shape index (κ3) is 4.57. The first-order valence-corrected chi connectivity index (χ1v) is 6.25. The van der Waals surface area contributed by atoms with Crippen molar-refractivity contribution in [1.29, 1.82) is 0 Å². The number of benzene rings is 1. The molecule has 4 heteroatoms. The van der Waals surface area contributed by atoms with Gasteiger partial charge in [-0.2, -0.15) is 0 Å². The maximum atomic E-state index is 11.7. The molecular formula is C14H20N2O2. The summed E-state index contributed by atoms with van der Waals surface area (Å²) >= 11 is 0. The van der Waals surface area contributed by atoms with Gasteiger partial charge in [-0.15, -0.1) is 0 Å². The van der Waals surface area contributed by atoms with Gasteiger partial charge in [-0.3, -0.25) is 9.59 Å². The molecule has 0 unspecified atom stereocenters. The summed E-state index contributed by atoms with van der Waals surface area (Å²) in [6.07, 6.45) is 1.99. The third-order valence-electron chi connectivity index (χ3n) is 2.60. The van der Waals surface area contributed by atoms with E-state index in [4.69, 9.17) is 0 Å². The van der Waals surface area contributed by atoms with E-state index in [0.717, 1.165) is 18.5 Å². The molecule has 0 aliphatic heterocycles. The van der Waals surface area contributed by atoms with Gasteiger partial charge in [-0.05, 0) is 18.6 Å². The average Bonchev–Trinajstić information content (AvgIpc) is 2.37. The second-order valence-corrected chi connectivity index (χ2v) is 4.14. The maximum absolute atomic E-state index is 11.7. The van der Waals surface area contributed by atoms with E-state index in [1.165, 1.54) is 11.8 Å². The van der Waals surface area contributed by atoms with E-state index in [9.17, 15) is 9.59 Å². The molecule has 0 saturated heterocycles. The van der Waals surface area contributed by atoms with Gasteiger partial charge in [-0.25, -0.2) is 0 Å². The molecule has 4 nitrogen and oxygen atoms in total. The highest BCUT2D eigenvalue weighted by atomic mass is 16.2. The summed E-state index contributed by atoms with van der Waals surface area (Å²) < 4.78 is 0. The van der Waals surface area contributed by atoms with E-state index in [0.29, 0.717) is 6.54 Å². The van der Waals surface area contributed by atoms with Crippen molar-refractivity contribution >= 4 is 17.5 Å². The lowest BCUT2D eigenvalue weighted by Crippen LogP contribution is -2.40. The summed E-state index contributed by atoms with van der Waals surface area (Å²) in [6.45, 7) is 4.27. The molecule has 18 heavy (non-hydrogen) atoms. The first-order valence-electron chi connectivity index (χ1n) is 6.25. The van der Waals surface area contributed by atoms with Crippen LogP contribution in [0, 0.1) is 0 Å². The van der Waals surface area contributed by atoms with Crippen LogP contribution in [0.4, 0.5) is 5.69 Å². The number of rotatable bonds is 6. The molecule has 0 radical (unpaired) electrons. The van der Waals surface area contributed by atoms with Crippen LogP contribution < -0.4 is 10.2 Å². The molecule has 98 valence electrons. The number of anilines is 1. The van der Waals surface area contributed by atoms with Crippen molar-refractivity contribution in [2.45, 2.75) is 26.7 Å². The highest BCUT2D eigenvalue weighted by Crippen LogP contribution is 2.12. The molecule has 1 aromatic rings. The van der Waals surface area contributed by atoms with Crippen molar-refractivity contribution in [3.8, 4) is 0 Å². The largest absolute Gasteiger partial charge is 0.355 e. The van der Waals surface area contributed by atoms with Gasteiger partial charge < -0.3 is 10.2 Å². The van der Waals surface area contributed by atoms with Crippen molar-refractivity contribution in [1.82, 2.24) is 5.32 Å². The van der Waals surface area contributed by atoms with Crippen LogP contribution in [0.3, 0.4) is 0 Å². The third-order valence-corrected chi connectivity index (χ3v) is 2.60. The number of carbonyl (C=O) groups is 2. The predicted molar refractivity (Wildman–Crippen MR) is 72.4 cm³/mol. The second kappa shape index (κ2) is 7.48. The fourth-order valence-corrected chi connectivity index (χ4v) is 1.60.